The van der Waals surface area contributed by atoms with E-state index in [0.717, 1.165) is 23.3 Å². The van der Waals surface area contributed by atoms with Crippen molar-refractivity contribution < 1.29 is 28.8 Å². The minimum Gasteiger partial charge on any atom is -0.502 e. The lowest BCUT2D eigenvalue weighted by molar-refractivity contribution is -0.385. The Morgan fingerprint density at radius 2 is 1.78 bits per heavy atom. The van der Waals surface area contributed by atoms with Crippen molar-refractivity contribution in [1.82, 2.24) is 10.9 Å². The Kier molecular flexibility index (Phi) is 7.19. The molecule has 1 aromatic heterocycles. The molecule has 0 saturated carbocycles. The highest BCUT2D eigenvalue weighted by Crippen LogP contribution is 2.29. The number of nitrogens with zero attached hydrogens (tertiary/aromatic N) is 1. The van der Waals surface area contributed by atoms with Crippen LogP contribution in [0.15, 0.2) is 77.4 Å². The molecule has 0 aliphatic heterocycles. The van der Waals surface area contributed by atoms with E-state index in [1.807, 2.05) is 32.0 Å². The first-order valence-electron chi connectivity index (χ1n) is 11.2. The van der Waals surface area contributed by atoms with Crippen molar-refractivity contribution in [2.24, 2.45) is 0 Å². The van der Waals surface area contributed by atoms with Crippen molar-refractivity contribution in [3.63, 3.8) is 0 Å². The van der Waals surface area contributed by atoms with Gasteiger partial charge in [0.15, 0.2) is 5.75 Å². The highest BCUT2D eigenvalue weighted by Gasteiger charge is 2.20. The third kappa shape index (κ3) is 5.76. The Morgan fingerprint density at radius 1 is 1.00 bits per heavy atom. The van der Waals surface area contributed by atoms with E-state index < -0.39 is 28.2 Å². The first-order chi connectivity index (χ1) is 17.7. The van der Waals surface area contributed by atoms with Gasteiger partial charge in [0.05, 0.1) is 11.2 Å². The number of aromatic hydroxyl groups is 1. The van der Waals surface area contributed by atoms with Crippen molar-refractivity contribution in [2.75, 3.05) is 0 Å². The summed E-state index contributed by atoms with van der Waals surface area (Å²) in [7, 11) is 0. The summed E-state index contributed by atoms with van der Waals surface area (Å²) in [5.41, 5.74) is 8.17. The average Bonchev–Trinajstić information content (AvgIpc) is 3.37. The number of carbonyl (C=O) groups excluding carboxylic acids is 2. The molecule has 3 N–H and O–H groups in total. The number of aryl methyl sites for hydroxylation is 2. The monoisotopic (exact) mass is 501 g/mol. The van der Waals surface area contributed by atoms with Gasteiger partial charge in [0, 0.05) is 17.2 Å². The SMILES string of the molecule is Cc1ccc(COc2cccc(-c3ccoc3C(=O)NNC(=O)c3ccc(O)c([N+](=O)[O-])c3)c2)c(C)c1. The molecule has 0 atom stereocenters. The number of rotatable bonds is 7. The van der Waals surface area contributed by atoms with Crippen LogP contribution in [0.5, 0.6) is 11.5 Å². The van der Waals surface area contributed by atoms with Crippen molar-refractivity contribution in [3.05, 3.63) is 111 Å². The van der Waals surface area contributed by atoms with Gasteiger partial charge < -0.3 is 14.3 Å². The van der Waals surface area contributed by atoms with Gasteiger partial charge in [-0.15, -0.1) is 0 Å². The number of ether oxygens (including phenoxy) is 1. The number of benzene rings is 3. The van der Waals surface area contributed by atoms with Gasteiger partial charge in [-0.3, -0.25) is 30.6 Å². The fraction of sp³-hybridized carbons (Fsp3) is 0.111. The number of hydrogen-bond acceptors (Lipinski definition) is 7. The summed E-state index contributed by atoms with van der Waals surface area (Å²) in [6, 6.07) is 18.0. The van der Waals surface area contributed by atoms with Gasteiger partial charge in [0.25, 0.3) is 5.91 Å². The number of amides is 2. The predicted molar refractivity (Wildman–Crippen MR) is 134 cm³/mol. The second-order valence-electron chi connectivity index (χ2n) is 8.28. The van der Waals surface area contributed by atoms with Crippen molar-refractivity contribution in [1.29, 1.82) is 0 Å². The summed E-state index contributed by atoms with van der Waals surface area (Å²) in [4.78, 5) is 35.2. The molecule has 0 fully saturated rings. The molecule has 3 aromatic carbocycles. The van der Waals surface area contributed by atoms with Crippen molar-refractivity contribution >= 4 is 17.5 Å². The van der Waals surface area contributed by atoms with Gasteiger partial charge in [-0.2, -0.15) is 0 Å². The maximum atomic E-state index is 12.7. The molecule has 10 nitrogen and oxygen atoms in total. The van der Waals surface area contributed by atoms with Gasteiger partial charge in [-0.25, -0.2) is 0 Å². The quantitative estimate of drug-likeness (QED) is 0.243. The van der Waals surface area contributed by atoms with Crippen LogP contribution in [-0.4, -0.2) is 21.8 Å². The Morgan fingerprint density at radius 3 is 2.54 bits per heavy atom. The van der Waals surface area contributed by atoms with E-state index in [1.54, 1.807) is 24.3 Å². The van der Waals surface area contributed by atoms with E-state index in [4.69, 9.17) is 9.15 Å². The third-order valence-corrected chi connectivity index (χ3v) is 5.63. The zero-order valence-corrected chi connectivity index (χ0v) is 20.0. The highest BCUT2D eigenvalue weighted by molar-refractivity contribution is 6.01. The van der Waals surface area contributed by atoms with Crippen LogP contribution in [0.3, 0.4) is 0 Å². The first kappa shape index (κ1) is 25.0. The Hall–Kier alpha value is -5.12. The maximum absolute atomic E-state index is 12.7. The van der Waals surface area contributed by atoms with Gasteiger partial charge in [-0.05, 0) is 60.9 Å². The molecule has 0 saturated heterocycles. The zero-order chi connectivity index (χ0) is 26.5. The lowest BCUT2D eigenvalue weighted by Gasteiger charge is -2.11. The number of nitro groups is 1. The molecular formula is C27H23N3O7. The molecule has 1 heterocycles. The summed E-state index contributed by atoms with van der Waals surface area (Å²) in [6.07, 6.45) is 1.35. The second-order valence-corrected chi connectivity index (χ2v) is 8.28. The maximum Gasteiger partial charge on any atom is 0.311 e. The summed E-state index contributed by atoms with van der Waals surface area (Å²) < 4.78 is 11.3. The molecule has 0 unspecified atom stereocenters. The molecule has 0 aliphatic carbocycles. The first-order valence-corrected chi connectivity index (χ1v) is 11.2. The fourth-order valence-electron chi connectivity index (χ4n) is 3.69. The number of nitrogens with one attached hydrogen (secondary N) is 2. The zero-order valence-electron chi connectivity index (χ0n) is 20.0. The normalized spacial score (nSPS) is 10.5. The van der Waals surface area contributed by atoms with Gasteiger partial charge >= 0.3 is 11.6 Å². The second kappa shape index (κ2) is 10.6. The molecule has 0 aliphatic rings. The van der Waals surface area contributed by atoms with Crippen molar-refractivity contribution in [3.8, 4) is 22.6 Å². The summed E-state index contributed by atoms with van der Waals surface area (Å²) >= 11 is 0. The standard InChI is InChI=1S/C27H23N3O7/c1-16-6-7-20(17(2)12-16)15-37-21-5-3-4-18(13-21)22-10-11-36-25(22)27(33)29-28-26(32)19-8-9-24(31)23(14-19)30(34)35/h3-14,31H,15H2,1-2H3,(H,28,32)(H,29,33). The van der Waals surface area contributed by atoms with Gasteiger partial charge in [0.2, 0.25) is 5.76 Å². The Labute approximate surface area is 211 Å². The van der Waals surface area contributed by atoms with E-state index in [1.165, 1.54) is 17.9 Å². The van der Waals surface area contributed by atoms with E-state index >= 15 is 0 Å². The number of furan rings is 1. The Bertz CT molecular complexity index is 1490. The topological polar surface area (TPSA) is 144 Å². The molecule has 4 aromatic rings. The molecule has 0 radical (unpaired) electrons. The van der Waals surface area contributed by atoms with Gasteiger partial charge in [-0.1, -0.05) is 35.9 Å². The highest BCUT2D eigenvalue weighted by atomic mass is 16.6. The van der Waals surface area contributed by atoms with Crippen molar-refractivity contribution in [2.45, 2.75) is 20.5 Å². The van der Waals surface area contributed by atoms with E-state index in [9.17, 15) is 24.8 Å². The molecule has 2 amide bonds. The van der Waals surface area contributed by atoms with Crippen LogP contribution < -0.4 is 15.6 Å². The molecule has 37 heavy (non-hydrogen) atoms. The lowest BCUT2D eigenvalue weighted by atomic mass is 10.1. The number of carbonyl (C=O) groups is 2. The lowest BCUT2D eigenvalue weighted by Crippen LogP contribution is -2.41. The van der Waals surface area contributed by atoms with Crippen LogP contribution in [0.2, 0.25) is 0 Å². The number of hydrazine groups is 1. The predicted octanol–water partition coefficient (Wildman–Crippen LogP) is 4.83. The van der Waals surface area contributed by atoms with Crippen LogP contribution in [0.4, 0.5) is 5.69 Å². The van der Waals surface area contributed by atoms with Gasteiger partial charge in [0.1, 0.15) is 12.4 Å². The number of phenols is 1. The number of hydrogen-bond donors (Lipinski definition) is 3. The number of nitro benzene ring substituents is 1. The van der Waals surface area contributed by atoms with Crippen LogP contribution in [0, 0.1) is 24.0 Å². The summed E-state index contributed by atoms with van der Waals surface area (Å²) in [6.45, 7) is 4.44. The minimum atomic E-state index is -0.820. The molecule has 4 rings (SSSR count). The van der Waals surface area contributed by atoms with Crippen LogP contribution in [0.25, 0.3) is 11.1 Å². The average molecular weight is 501 g/mol. The molecule has 0 spiro atoms. The summed E-state index contributed by atoms with van der Waals surface area (Å²) in [5, 5.41) is 20.5. The van der Waals surface area contributed by atoms with E-state index in [-0.39, 0.29) is 11.3 Å². The Balaban J connectivity index is 1.44. The van der Waals surface area contributed by atoms with E-state index in [2.05, 4.69) is 16.9 Å². The van der Waals surface area contributed by atoms with Crippen LogP contribution in [-0.2, 0) is 6.61 Å². The summed E-state index contributed by atoms with van der Waals surface area (Å²) in [5.74, 6) is -1.57. The fourth-order valence-corrected chi connectivity index (χ4v) is 3.69. The molecule has 188 valence electrons. The third-order valence-electron chi connectivity index (χ3n) is 5.63. The molecular weight excluding hydrogens is 478 g/mol. The molecule has 0 bridgehead atoms. The smallest absolute Gasteiger partial charge is 0.311 e. The van der Waals surface area contributed by atoms with Crippen LogP contribution in [0.1, 0.15) is 37.6 Å². The minimum absolute atomic E-state index is 0.0523. The number of phenolic OH excluding ortho intramolecular Hbond substituents is 1. The largest absolute Gasteiger partial charge is 0.502 e. The molecule has 10 heteroatoms. The van der Waals surface area contributed by atoms with Crippen LogP contribution >= 0.6 is 0 Å². The van der Waals surface area contributed by atoms with E-state index in [0.29, 0.717) is 23.5 Å².